The first-order chi connectivity index (χ1) is 13.5. The van der Waals surface area contributed by atoms with Crippen LogP contribution in [0.25, 0.3) is 20.4 Å². The maximum Gasteiger partial charge on any atom is 0.324 e. The van der Waals surface area contributed by atoms with Crippen LogP contribution in [0.15, 0.2) is 12.1 Å². The molecule has 0 bridgehead atoms. The molecule has 148 valence electrons. The van der Waals surface area contributed by atoms with Crippen LogP contribution >= 0.6 is 22.7 Å². The van der Waals surface area contributed by atoms with Crippen LogP contribution in [0.3, 0.4) is 0 Å². The molecule has 3 heterocycles. The lowest BCUT2D eigenvalue weighted by Gasteiger charge is -2.33. The Kier molecular flexibility index (Phi) is 5.40. The molecule has 4 rings (SSSR count). The van der Waals surface area contributed by atoms with E-state index in [2.05, 4.69) is 20.6 Å². The van der Waals surface area contributed by atoms with E-state index in [0.29, 0.717) is 30.0 Å². The second-order valence-corrected chi connectivity index (χ2v) is 8.44. The average molecular weight is 421 g/mol. The van der Waals surface area contributed by atoms with Gasteiger partial charge in [0.25, 0.3) is 0 Å². The summed E-state index contributed by atoms with van der Waals surface area (Å²) < 4.78 is 7.06. The fraction of sp³-hybridized carbons (Fsp3) is 0.412. The predicted molar refractivity (Wildman–Crippen MR) is 111 cm³/mol. The van der Waals surface area contributed by atoms with Gasteiger partial charge in [-0.2, -0.15) is 0 Å². The number of nitrogens with zero attached hydrogens (tertiary/aromatic N) is 3. The molecule has 1 unspecified atom stereocenters. The minimum atomic E-state index is -0.460. The van der Waals surface area contributed by atoms with Crippen molar-refractivity contribution in [1.29, 1.82) is 0 Å². The molecule has 4 N–H and O–H groups in total. The fourth-order valence-electron chi connectivity index (χ4n) is 3.17. The van der Waals surface area contributed by atoms with Gasteiger partial charge in [0.1, 0.15) is 6.04 Å². The van der Waals surface area contributed by atoms with Crippen molar-refractivity contribution in [1.82, 2.24) is 20.2 Å². The maximum absolute atomic E-state index is 12.5. The molecule has 1 atom stereocenters. The van der Waals surface area contributed by atoms with Crippen molar-refractivity contribution in [2.24, 2.45) is 0 Å². The Morgan fingerprint density at radius 2 is 2.11 bits per heavy atom. The van der Waals surface area contributed by atoms with Crippen LogP contribution in [-0.4, -0.2) is 65.6 Å². The molecule has 28 heavy (non-hydrogen) atoms. The standard InChI is InChI=1S/C17H20N6O3S2/c1-2-26-15(25)11-7-19-3-4-23(11)8-14(24)22-17-21-10-5-9-12(6-13(10)28-17)27-16(18)20-9/h5-6,11,19H,2-4,7-8H2,1H3,(H2,18,20)(H,21,22,24). The van der Waals surface area contributed by atoms with E-state index in [-0.39, 0.29) is 18.4 Å². The number of carbonyl (C=O) groups is 2. The number of ether oxygens (including phenoxy) is 1. The molecule has 9 nitrogen and oxygen atoms in total. The summed E-state index contributed by atoms with van der Waals surface area (Å²) in [5, 5.41) is 7.05. The number of hydrogen-bond donors (Lipinski definition) is 3. The quantitative estimate of drug-likeness (QED) is 0.527. The van der Waals surface area contributed by atoms with Gasteiger partial charge in [-0.15, -0.1) is 0 Å². The van der Waals surface area contributed by atoms with E-state index in [1.807, 2.05) is 17.0 Å². The monoisotopic (exact) mass is 420 g/mol. The van der Waals surface area contributed by atoms with Crippen molar-refractivity contribution in [3.63, 3.8) is 0 Å². The van der Waals surface area contributed by atoms with Gasteiger partial charge in [0.05, 0.1) is 33.6 Å². The molecule has 1 aliphatic heterocycles. The van der Waals surface area contributed by atoms with E-state index in [1.54, 1.807) is 6.92 Å². The summed E-state index contributed by atoms with van der Waals surface area (Å²) in [7, 11) is 0. The van der Waals surface area contributed by atoms with Gasteiger partial charge in [0.2, 0.25) is 5.91 Å². The number of carbonyl (C=O) groups excluding carboxylic acids is 2. The van der Waals surface area contributed by atoms with Crippen molar-refractivity contribution >= 4 is 65.2 Å². The zero-order valence-electron chi connectivity index (χ0n) is 15.2. The van der Waals surface area contributed by atoms with Gasteiger partial charge in [-0.1, -0.05) is 22.7 Å². The third-order valence-electron chi connectivity index (χ3n) is 4.42. The minimum Gasteiger partial charge on any atom is -0.465 e. The van der Waals surface area contributed by atoms with Crippen LogP contribution in [0, 0.1) is 0 Å². The zero-order valence-corrected chi connectivity index (χ0v) is 16.9. The molecular weight excluding hydrogens is 400 g/mol. The van der Waals surface area contributed by atoms with E-state index < -0.39 is 6.04 Å². The zero-order chi connectivity index (χ0) is 19.7. The van der Waals surface area contributed by atoms with Crippen LogP contribution in [-0.2, 0) is 14.3 Å². The number of aromatic nitrogens is 2. The number of nitrogens with two attached hydrogens (primary N) is 1. The number of thiazole rings is 2. The number of amides is 1. The Morgan fingerprint density at radius 1 is 1.32 bits per heavy atom. The van der Waals surface area contributed by atoms with Crippen molar-refractivity contribution in [2.75, 3.05) is 43.8 Å². The average Bonchev–Trinajstić information content (AvgIpc) is 3.20. The molecule has 0 aliphatic carbocycles. The van der Waals surface area contributed by atoms with Crippen molar-refractivity contribution < 1.29 is 14.3 Å². The largest absolute Gasteiger partial charge is 0.465 e. The summed E-state index contributed by atoms with van der Waals surface area (Å²) in [4.78, 5) is 35.2. The normalized spacial score (nSPS) is 17.8. The molecule has 1 saturated heterocycles. The van der Waals surface area contributed by atoms with Gasteiger partial charge in [-0.05, 0) is 19.1 Å². The van der Waals surface area contributed by atoms with Crippen molar-refractivity contribution in [2.45, 2.75) is 13.0 Å². The minimum absolute atomic E-state index is 0.105. The van der Waals surface area contributed by atoms with Crippen LogP contribution in [0.4, 0.5) is 10.3 Å². The number of anilines is 2. The Hall–Kier alpha value is -2.34. The second kappa shape index (κ2) is 7.95. The van der Waals surface area contributed by atoms with Gasteiger partial charge in [-0.3, -0.25) is 14.5 Å². The van der Waals surface area contributed by atoms with E-state index >= 15 is 0 Å². The molecule has 1 amide bonds. The summed E-state index contributed by atoms with van der Waals surface area (Å²) in [6.45, 7) is 3.98. The molecule has 0 spiro atoms. The number of esters is 1. The number of benzene rings is 1. The number of hydrogen-bond acceptors (Lipinski definition) is 10. The lowest BCUT2D eigenvalue weighted by molar-refractivity contribution is -0.150. The van der Waals surface area contributed by atoms with Crippen LogP contribution in [0.5, 0.6) is 0 Å². The number of nitrogen functional groups attached to an aromatic ring is 1. The third-order valence-corrected chi connectivity index (χ3v) is 6.20. The first-order valence-corrected chi connectivity index (χ1v) is 10.5. The van der Waals surface area contributed by atoms with Crippen molar-refractivity contribution in [3.8, 4) is 0 Å². The highest BCUT2D eigenvalue weighted by atomic mass is 32.1. The molecule has 2 aromatic heterocycles. The molecule has 0 saturated carbocycles. The van der Waals surface area contributed by atoms with Gasteiger partial charge >= 0.3 is 5.97 Å². The van der Waals surface area contributed by atoms with Gasteiger partial charge in [0.15, 0.2) is 10.3 Å². The van der Waals surface area contributed by atoms with E-state index in [4.69, 9.17) is 10.5 Å². The molecule has 11 heteroatoms. The van der Waals surface area contributed by atoms with Crippen LogP contribution in [0.2, 0.25) is 0 Å². The van der Waals surface area contributed by atoms with E-state index in [9.17, 15) is 9.59 Å². The van der Waals surface area contributed by atoms with Crippen LogP contribution in [0.1, 0.15) is 6.92 Å². The van der Waals surface area contributed by atoms with Gasteiger partial charge in [-0.25, -0.2) is 9.97 Å². The Morgan fingerprint density at radius 3 is 2.93 bits per heavy atom. The number of piperazine rings is 1. The van der Waals surface area contributed by atoms with E-state index in [0.717, 1.165) is 27.0 Å². The summed E-state index contributed by atoms with van der Waals surface area (Å²) >= 11 is 2.82. The number of fused-ring (bicyclic) bond motifs is 2. The summed E-state index contributed by atoms with van der Waals surface area (Å²) in [5.74, 6) is -0.520. The summed E-state index contributed by atoms with van der Waals surface area (Å²) in [5.41, 5.74) is 7.32. The fourth-order valence-corrected chi connectivity index (χ4v) is 4.90. The SMILES string of the molecule is CCOC(=O)C1CNCCN1CC(=O)Nc1nc2cc3nc(N)sc3cc2s1. The molecule has 1 aromatic carbocycles. The first-order valence-electron chi connectivity index (χ1n) is 8.91. The lowest BCUT2D eigenvalue weighted by Crippen LogP contribution is -2.57. The molecular formula is C17H20N6O3S2. The number of rotatable bonds is 5. The smallest absolute Gasteiger partial charge is 0.324 e. The second-order valence-electron chi connectivity index (χ2n) is 6.35. The Bertz CT molecular complexity index is 982. The van der Waals surface area contributed by atoms with E-state index in [1.165, 1.54) is 22.7 Å². The third kappa shape index (κ3) is 3.92. The molecule has 1 aliphatic rings. The molecule has 0 radical (unpaired) electrons. The Labute approximate surface area is 168 Å². The summed E-state index contributed by atoms with van der Waals surface area (Å²) in [6.07, 6.45) is 0. The first kappa shape index (κ1) is 19.0. The summed E-state index contributed by atoms with van der Waals surface area (Å²) in [6, 6.07) is 3.40. The topological polar surface area (TPSA) is 122 Å². The van der Waals surface area contributed by atoms with Gasteiger partial charge < -0.3 is 21.1 Å². The van der Waals surface area contributed by atoms with Crippen molar-refractivity contribution in [3.05, 3.63) is 12.1 Å². The van der Waals surface area contributed by atoms with Gasteiger partial charge in [0, 0.05) is 19.6 Å². The maximum atomic E-state index is 12.5. The highest BCUT2D eigenvalue weighted by Crippen LogP contribution is 2.33. The highest BCUT2D eigenvalue weighted by molar-refractivity contribution is 7.24. The predicted octanol–water partition coefficient (Wildman–Crippen LogP) is 1.26. The molecule has 1 fully saturated rings. The lowest BCUT2D eigenvalue weighted by atomic mass is 10.2. The van der Waals surface area contributed by atoms with Crippen LogP contribution < -0.4 is 16.4 Å². The highest BCUT2D eigenvalue weighted by Gasteiger charge is 2.31. The molecule has 3 aromatic rings. The Balaban J connectivity index is 1.45. The number of nitrogens with one attached hydrogen (secondary N) is 2.